The Morgan fingerprint density at radius 1 is 1.11 bits per heavy atom. The minimum atomic E-state index is 0.609. The Labute approximate surface area is 171 Å². The monoisotopic (exact) mass is 392 g/mol. The van der Waals surface area contributed by atoms with Crippen molar-refractivity contribution in [2.75, 3.05) is 47.4 Å². The van der Waals surface area contributed by atoms with Crippen molar-refractivity contribution in [2.24, 2.45) is 4.99 Å². The SMILES string of the molecule is CCOc1cc(CCCNC(=NC)NCCCCN(C)C(C)C)ccc1OC. The highest BCUT2D eigenvalue weighted by molar-refractivity contribution is 5.79. The third kappa shape index (κ3) is 9.31. The first kappa shape index (κ1) is 24.1. The standard InChI is InChI=1S/C22H40N4O2/c1-7-28-21-17-19(12-13-20(21)27-6)11-10-15-25-22(23-4)24-14-8-9-16-26(5)18(2)3/h12-13,17-18H,7-11,14-16H2,1-6H3,(H2,23,24,25). The molecule has 0 amide bonds. The van der Waals surface area contributed by atoms with Gasteiger partial charge in [-0.05, 0) is 77.7 Å². The van der Waals surface area contributed by atoms with Gasteiger partial charge >= 0.3 is 0 Å². The maximum Gasteiger partial charge on any atom is 0.190 e. The molecule has 0 bridgehead atoms. The fraction of sp³-hybridized carbons (Fsp3) is 0.682. The zero-order chi connectivity index (χ0) is 20.8. The van der Waals surface area contributed by atoms with Crippen LogP contribution in [-0.2, 0) is 6.42 Å². The molecule has 0 aliphatic carbocycles. The molecule has 6 nitrogen and oxygen atoms in total. The van der Waals surface area contributed by atoms with Gasteiger partial charge in [0.05, 0.1) is 13.7 Å². The molecule has 6 heteroatoms. The zero-order valence-electron chi connectivity index (χ0n) is 18.7. The van der Waals surface area contributed by atoms with Gasteiger partial charge in [0.15, 0.2) is 17.5 Å². The number of benzene rings is 1. The number of unbranched alkanes of at least 4 members (excludes halogenated alkanes) is 1. The summed E-state index contributed by atoms with van der Waals surface area (Å²) in [6.45, 7) is 10.0. The van der Waals surface area contributed by atoms with E-state index in [1.54, 1.807) is 7.11 Å². The lowest BCUT2D eigenvalue weighted by Gasteiger charge is -2.20. The first-order valence-corrected chi connectivity index (χ1v) is 10.5. The van der Waals surface area contributed by atoms with E-state index in [1.807, 2.05) is 20.0 Å². The average Bonchev–Trinajstić information content (AvgIpc) is 2.69. The van der Waals surface area contributed by atoms with E-state index in [0.29, 0.717) is 12.6 Å². The van der Waals surface area contributed by atoms with Crippen LogP contribution in [0, 0.1) is 0 Å². The molecule has 1 aromatic carbocycles. The molecule has 2 N–H and O–H groups in total. The highest BCUT2D eigenvalue weighted by Gasteiger charge is 2.06. The lowest BCUT2D eigenvalue weighted by molar-refractivity contribution is 0.268. The number of hydrogen-bond acceptors (Lipinski definition) is 4. The maximum atomic E-state index is 5.65. The second kappa shape index (κ2) is 14.1. The molecule has 28 heavy (non-hydrogen) atoms. The minimum Gasteiger partial charge on any atom is -0.493 e. The van der Waals surface area contributed by atoms with E-state index in [0.717, 1.165) is 56.4 Å². The van der Waals surface area contributed by atoms with E-state index in [4.69, 9.17) is 9.47 Å². The molecule has 0 aliphatic rings. The van der Waals surface area contributed by atoms with Gasteiger partial charge in [-0.1, -0.05) is 6.07 Å². The Bertz CT molecular complexity index is 576. The van der Waals surface area contributed by atoms with Crippen LogP contribution in [0.1, 0.15) is 45.6 Å². The molecule has 0 spiro atoms. The lowest BCUT2D eigenvalue weighted by atomic mass is 10.1. The van der Waals surface area contributed by atoms with Crippen LogP contribution < -0.4 is 20.1 Å². The summed E-state index contributed by atoms with van der Waals surface area (Å²) in [5.41, 5.74) is 1.25. The molecular weight excluding hydrogens is 352 g/mol. The molecule has 0 fully saturated rings. The van der Waals surface area contributed by atoms with E-state index in [1.165, 1.54) is 12.0 Å². The van der Waals surface area contributed by atoms with Crippen molar-refractivity contribution < 1.29 is 9.47 Å². The summed E-state index contributed by atoms with van der Waals surface area (Å²) >= 11 is 0. The number of aryl methyl sites for hydroxylation is 1. The fourth-order valence-corrected chi connectivity index (χ4v) is 2.82. The predicted molar refractivity (Wildman–Crippen MR) is 119 cm³/mol. The van der Waals surface area contributed by atoms with Crippen LogP contribution in [0.25, 0.3) is 0 Å². The number of aliphatic imine (C=N–C) groups is 1. The van der Waals surface area contributed by atoms with E-state index in [2.05, 4.69) is 53.6 Å². The number of nitrogens with zero attached hydrogens (tertiary/aromatic N) is 2. The summed E-state index contributed by atoms with van der Waals surface area (Å²) in [6, 6.07) is 6.76. The molecule has 0 saturated heterocycles. The van der Waals surface area contributed by atoms with Gasteiger partial charge in [0.25, 0.3) is 0 Å². The summed E-state index contributed by atoms with van der Waals surface area (Å²) in [6.07, 6.45) is 4.34. The molecule has 1 rings (SSSR count). The van der Waals surface area contributed by atoms with Crippen LogP contribution >= 0.6 is 0 Å². The molecule has 0 aromatic heterocycles. The first-order valence-electron chi connectivity index (χ1n) is 10.5. The topological polar surface area (TPSA) is 58.1 Å². The third-order valence-electron chi connectivity index (χ3n) is 4.80. The average molecular weight is 393 g/mol. The second-order valence-corrected chi connectivity index (χ2v) is 7.23. The van der Waals surface area contributed by atoms with Crippen molar-refractivity contribution in [1.29, 1.82) is 0 Å². The quantitative estimate of drug-likeness (QED) is 0.306. The Morgan fingerprint density at radius 2 is 1.82 bits per heavy atom. The normalized spacial score (nSPS) is 11.8. The molecule has 0 atom stereocenters. The van der Waals surface area contributed by atoms with Gasteiger partial charge in [0.2, 0.25) is 0 Å². The van der Waals surface area contributed by atoms with E-state index in [-0.39, 0.29) is 0 Å². The van der Waals surface area contributed by atoms with Crippen molar-refractivity contribution in [3.05, 3.63) is 23.8 Å². The summed E-state index contributed by atoms with van der Waals surface area (Å²) in [5, 5.41) is 6.79. The summed E-state index contributed by atoms with van der Waals surface area (Å²) < 4.78 is 11.0. The van der Waals surface area contributed by atoms with Crippen molar-refractivity contribution in [2.45, 2.75) is 52.5 Å². The molecule has 0 heterocycles. The van der Waals surface area contributed by atoms with Gasteiger partial charge < -0.3 is 25.0 Å². The first-order chi connectivity index (χ1) is 13.5. The number of hydrogen-bond donors (Lipinski definition) is 2. The van der Waals surface area contributed by atoms with Crippen molar-refractivity contribution in [3.63, 3.8) is 0 Å². The maximum absolute atomic E-state index is 5.65. The number of nitrogens with one attached hydrogen (secondary N) is 2. The molecule has 0 radical (unpaired) electrons. The third-order valence-corrected chi connectivity index (χ3v) is 4.80. The van der Waals surface area contributed by atoms with E-state index in [9.17, 15) is 0 Å². The van der Waals surface area contributed by atoms with Crippen LogP contribution in [0.4, 0.5) is 0 Å². The van der Waals surface area contributed by atoms with Crippen LogP contribution in [0.2, 0.25) is 0 Å². The number of guanidine groups is 1. The largest absolute Gasteiger partial charge is 0.493 e. The molecule has 1 aromatic rings. The molecule has 0 aliphatic heterocycles. The van der Waals surface area contributed by atoms with Gasteiger partial charge in [0, 0.05) is 26.2 Å². The van der Waals surface area contributed by atoms with Crippen molar-refractivity contribution >= 4 is 5.96 Å². The fourth-order valence-electron chi connectivity index (χ4n) is 2.82. The van der Waals surface area contributed by atoms with E-state index < -0.39 is 0 Å². The molecule has 0 saturated carbocycles. The van der Waals surface area contributed by atoms with Crippen LogP contribution in [0.3, 0.4) is 0 Å². The van der Waals surface area contributed by atoms with Gasteiger partial charge in [-0.15, -0.1) is 0 Å². The zero-order valence-corrected chi connectivity index (χ0v) is 18.7. The predicted octanol–water partition coefficient (Wildman–Crippen LogP) is 3.31. The molecule has 0 unspecified atom stereocenters. The smallest absolute Gasteiger partial charge is 0.190 e. The summed E-state index contributed by atoms with van der Waals surface area (Å²) in [4.78, 5) is 6.68. The van der Waals surface area contributed by atoms with Gasteiger partial charge in [-0.3, -0.25) is 4.99 Å². The number of ether oxygens (including phenoxy) is 2. The Morgan fingerprint density at radius 3 is 2.43 bits per heavy atom. The van der Waals surface area contributed by atoms with Gasteiger partial charge in [-0.25, -0.2) is 0 Å². The van der Waals surface area contributed by atoms with Gasteiger partial charge in [0.1, 0.15) is 0 Å². The van der Waals surface area contributed by atoms with Crippen molar-refractivity contribution in [1.82, 2.24) is 15.5 Å². The summed E-state index contributed by atoms with van der Waals surface area (Å²) in [5.74, 6) is 2.48. The van der Waals surface area contributed by atoms with Crippen LogP contribution in [0.15, 0.2) is 23.2 Å². The summed E-state index contributed by atoms with van der Waals surface area (Å²) in [7, 11) is 5.67. The number of methoxy groups -OCH3 is 1. The van der Waals surface area contributed by atoms with Crippen LogP contribution in [-0.4, -0.2) is 64.3 Å². The lowest BCUT2D eigenvalue weighted by Crippen LogP contribution is -2.38. The van der Waals surface area contributed by atoms with Crippen LogP contribution in [0.5, 0.6) is 11.5 Å². The number of rotatable bonds is 13. The Kier molecular flexibility index (Phi) is 12.1. The highest BCUT2D eigenvalue weighted by Crippen LogP contribution is 2.28. The Hall–Kier alpha value is -1.95. The minimum absolute atomic E-state index is 0.609. The Balaban J connectivity index is 2.25. The molecule has 160 valence electrons. The molecular formula is C22H40N4O2. The second-order valence-electron chi connectivity index (χ2n) is 7.23. The highest BCUT2D eigenvalue weighted by atomic mass is 16.5. The van der Waals surface area contributed by atoms with E-state index >= 15 is 0 Å². The van der Waals surface area contributed by atoms with Crippen molar-refractivity contribution in [3.8, 4) is 11.5 Å². The van der Waals surface area contributed by atoms with Gasteiger partial charge in [-0.2, -0.15) is 0 Å².